The average Bonchev–Trinajstić information content (AvgIpc) is 3.20. The predicted molar refractivity (Wildman–Crippen MR) is 101 cm³/mol. The molecule has 4 rings (SSSR count). The Labute approximate surface area is 150 Å². The number of hydrogen-bond donors (Lipinski definition) is 2. The number of benzene rings is 2. The lowest BCUT2D eigenvalue weighted by Crippen LogP contribution is -1.95. The van der Waals surface area contributed by atoms with Gasteiger partial charge in [0.2, 0.25) is 0 Å². The summed E-state index contributed by atoms with van der Waals surface area (Å²) in [6.07, 6.45) is 2.88. The maximum Gasteiger partial charge on any atom is 0.161 e. The van der Waals surface area contributed by atoms with Crippen LogP contribution >= 0.6 is 11.8 Å². The number of aromatic amines is 1. The number of nitrogens with one attached hydrogen (secondary N) is 2. The number of ether oxygens (including phenoxy) is 2. The second-order valence-electron chi connectivity index (χ2n) is 5.82. The quantitative estimate of drug-likeness (QED) is 0.519. The van der Waals surface area contributed by atoms with E-state index in [2.05, 4.69) is 40.0 Å². The molecule has 25 heavy (non-hydrogen) atoms. The number of nitrogens with zero attached hydrogens (tertiary/aromatic N) is 1. The summed E-state index contributed by atoms with van der Waals surface area (Å²) >= 11 is 1.72. The fraction of sp³-hybridized carbons (Fsp3) is 0.211. The lowest BCUT2D eigenvalue weighted by atomic mass is 10.1. The van der Waals surface area contributed by atoms with E-state index in [1.54, 1.807) is 26.0 Å². The molecule has 0 bridgehead atoms. The van der Waals surface area contributed by atoms with Crippen LogP contribution in [0.3, 0.4) is 0 Å². The van der Waals surface area contributed by atoms with Crippen LogP contribution in [-0.2, 0) is 6.42 Å². The minimum Gasteiger partial charge on any atom is -0.493 e. The minimum absolute atomic E-state index is 0.728. The van der Waals surface area contributed by atoms with Crippen LogP contribution in [0, 0.1) is 0 Å². The van der Waals surface area contributed by atoms with Crippen molar-refractivity contribution in [1.82, 2.24) is 10.2 Å². The van der Waals surface area contributed by atoms with Crippen LogP contribution in [0.2, 0.25) is 0 Å². The molecule has 1 aliphatic carbocycles. The number of H-pyrrole nitrogens is 1. The second-order valence-corrected chi connectivity index (χ2v) is 6.70. The van der Waals surface area contributed by atoms with E-state index in [-0.39, 0.29) is 0 Å². The van der Waals surface area contributed by atoms with E-state index in [1.165, 1.54) is 16.0 Å². The zero-order valence-electron chi connectivity index (χ0n) is 14.3. The number of aromatic nitrogens is 2. The lowest BCUT2D eigenvalue weighted by Gasteiger charge is -2.10. The third-order valence-corrected chi connectivity index (χ3v) is 5.17. The summed E-state index contributed by atoms with van der Waals surface area (Å²) in [6.45, 7) is 0. The summed E-state index contributed by atoms with van der Waals surface area (Å²) in [5, 5.41) is 11.1. The van der Waals surface area contributed by atoms with Gasteiger partial charge in [-0.15, -0.1) is 11.8 Å². The van der Waals surface area contributed by atoms with E-state index in [1.807, 2.05) is 18.2 Å². The summed E-state index contributed by atoms with van der Waals surface area (Å²) in [5.74, 6) is 2.34. The Balaban J connectivity index is 1.69. The highest BCUT2D eigenvalue weighted by molar-refractivity contribution is 7.98. The summed E-state index contributed by atoms with van der Waals surface area (Å²) in [4.78, 5) is 1.22. The maximum absolute atomic E-state index is 5.43. The summed E-state index contributed by atoms with van der Waals surface area (Å²) in [5.41, 5.74) is 5.57. The van der Waals surface area contributed by atoms with Crippen molar-refractivity contribution < 1.29 is 9.47 Å². The second kappa shape index (κ2) is 6.37. The molecule has 2 aromatic carbocycles. The van der Waals surface area contributed by atoms with Crippen molar-refractivity contribution in [3.63, 3.8) is 0 Å². The number of rotatable bonds is 5. The smallest absolute Gasteiger partial charge is 0.161 e. The van der Waals surface area contributed by atoms with Gasteiger partial charge in [-0.2, -0.15) is 5.10 Å². The zero-order valence-corrected chi connectivity index (χ0v) is 15.2. The average molecular weight is 353 g/mol. The Morgan fingerprint density at radius 1 is 1.12 bits per heavy atom. The molecule has 0 unspecified atom stereocenters. The molecule has 2 N–H and O–H groups in total. The third kappa shape index (κ3) is 2.72. The lowest BCUT2D eigenvalue weighted by molar-refractivity contribution is 0.355. The first-order valence-corrected chi connectivity index (χ1v) is 9.19. The van der Waals surface area contributed by atoms with Crippen LogP contribution in [0.4, 0.5) is 11.5 Å². The Morgan fingerprint density at radius 2 is 1.92 bits per heavy atom. The van der Waals surface area contributed by atoms with Gasteiger partial charge in [0.15, 0.2) is 17.3 Å². The van der Waals surface area contributed by atoms with Gasteiger partial charge >= 0.3 is 0 Å². The van der Waals surface area contributed by atoms with E-state index in [9.17, 15) is 0 Å². The molecule has 6 heteroatoms. The molecule has 0 saturated carbocycles. The van der Waals surface area contributed by atoms with Crippen molar-refractivity contribution in [1.29, 1.82) is 0 Å². The number of fused-ring (bicyclic) bond motifs is 3. The highest BCUT2D eigenvalue weighted by atomic mass is 32.2. The molecule has 0 amide bonds. The van der Waals surface area contributed by atoms with Crippen LogP contribution in [0.1, 0.15) is 11.1 Å². The monoisotopic (exact) mass is 353 g/mol. The predicted octanol–water partition coefficient (Wildman–Crippen LogP) is 4.46. The van der Waals surface area contributed by atoms with Crippen molar-refractivity contribution in [3.8, 4) is 22.8 Å². The Kier molecular flexibility index (Phi) is 4.05. The SMILES string of the molecule is COc1cc2c(cc1OC)-c1[nH]nc(Nc3cccc(SC)c3)c1C2. The van der Waals surface area contributed by atoms with Crippen LogP contribution in [0.15, 0.2) is 41.3 Å². The minimum atomic E-state index is 0.728. The van der Waals surface area contributed by atoms with Gasteiger partial charge in [0.25, 0.3) is 0 Å². The van der Waals surface area contributed by atoms with E-state index >= 15 is 0 Å². The first-order valence-electron chi connectivity index (χ1n) is 7.97. The topological polar surface area (TPSA) is 59.2 Å². The Morgan fingerprint density at radius 3 is 2.68 bits per heavy atom. The molecule has 0 radical (unpaired) electrons. The van der Waals surface area contributed by atoms with Gasteiger partial charge in [-0.1, -0.05) is 6.07 Å². The van der Waals surface area contributed by atoms with Crippen molar-refractivity contribution >= 4 is 23.3 Å². The molecular weight excluding hydrogens is 334 g/mol. The van der Waals surface area contributed by atoms with Gasteiger partial charge in [0, 0.05) is 28.1 Å². The largest absolute Gasteiger partial charge is 0.493 e. The molecule has 1 aliphatic rings. The molecule has 0 atom stereocenters. The number of hydrogen-bond acceptors (Lipinski definition) is 5. The maximum atomic E-state index is 5.43. The fourth-order valence-corrected chi connectivity index (χ4v) is 3.65. The first-order chi connectivity index (χ1) is 12.2. The molecule has 0 saturated heterocycles. The highest BCUT2D eigenvalue weighted by Gasteiger charge is 2.26. The summed E-state index contributed by atoms with van der Waals surface area (Å²) < 4.78 is 10.8. The van der Waals surface area contributed by atoms with Crippen LogP contribution in [-0.4, -0.2) is 30.7 Å². The molecule has 128 valence electrons. The molecular formula is C19H19N3O2S. The fourth-order valence-electron chi connectivity index (χ4n) is 3.19. The van der Waals surface area contributed by atoms with Crippen molar-refractivity contribution in [3.05, 3.63) is 47.5 Å². The van der Waals surface area contributed by atoms with Gasteiger partial charge in [-0.05, 0) is 42.2 Å². The van der Waals surface area contributed by atoms with Gasteiger partial charge in [-0.3, -0.25) is 5.10 Å². The standard InChI is InChI=1S/C19H19N3O2S/c1-23-16-8-11-7-15-18(14(11)10-17(16)24-2)21-22-19(15)20-12-5-4-6-13(9-12)25-3/h4-6,8-10H,7H2,1-3H3,(H2,20,21,22). The number of anilines is 2. The van der Waals surface area contributed by atoms with Crippen LogP contribution in [0.5, 0.6) is 11.5 Å². The van der Waals surface area contributed by atoms with Crippen molar-refractivity contribution in [2.75, 3.05) is 25.8 Å². The summed E-state index contributed by atoms with van der Waals surface area (Å²) in [6, 6.07) is 12.4. The number of thioether (sulfide) groups is 1. The van der Waals surface area contributed by atoms with E-state index in [4.69, 9.17) is 9.47 Å². The molecule has 3 aromatic rings. The molecule has 1 aromatic heterocycles. The van der Waals surface area contributed by atoms with Gasteiger partial charge in [0.1, 0.15) is 0 Å². The molecule has 0 fully saturated rings. The van der Waals surface area contributed by atoms with Crippen molar-refractivity contribution in [2.24, 2.45) is 0 Å². The Hall–Kier alpha value is -2.60. The van der Waals surface area contributed by atoms with Gasteiger partial charge in [0.05, 0.1) is 19.9 Å². The van der Waals surface area contributed by atoms with E-state index in [0.717, 1.165) is 40.7 Å². The molecule has 0 aliphatic heterocycles. The normalized spacial score (nSPS) is 11.8. The Bertz CT molecular complexity index is 936. The summed E-state index contributed by atoms with van der Waals surface area (Å²) in [7, 11) is 3.31. The van der Waals surface area contributed by atoms with Gasteiger partial charge < -0.3 is 14.8 Å². The van der Waals surface area contributed by atoms with Crippen LogP contribution < -0.4 is 14.8 Å². The number of methoxy groups -OCH3 is 2. The van der Waals surface area contributed by atoms with E-state index in [0.29, 0.717) is 0 Å². The zero-order chi connectivity index (χ0) is 17.4. The molecule has 1 heterocycles. The third-order valence-electron chi connectivity index (χ3n) is 4.45. The van der Waals surface area contributed by atoms with Crippen LogP contribution in [0.25, 0.3) is 11.3 Å². The van der Waals surface area contributed by atoms with Gasteiger partial charge in [-0.25, -0.2) is 0 Å². The highest BCUT2D eigenvalue weighted by Crippen LogP contribution is 2.44. The first kappa shape index (κ1) is 15.9. The van der Waals surface area contributed by atoms with E-state index < -0.39 is 0 Å². The van der Waals surface area contributed by atoms with Crippen molar-refractivity contribution in [2.45, 2.75) is 11.3 Å². The molecule has 5 nitrogen and oxygen atoms in total. The molecule has 0 spiro atoms.